The molecule has 0 aliphatic heterocycles. The van der Waals surface area contributed by atoms with Gasteiger partial charge in [-0.2, -0.15) is 0 Å². The number of carbonyl (C=O) groups is 2. The van der Waals surface area contributed by atoms with Gasteiger partial charge < -0.3 is 15.7 Å². The number of anilines is 1. The summed E-state index contributed by atoms with van der Waals surface area (Å²) in [4.78, 5) is 36.4. The highest BCUT2D eigenvalue weighted by molar-refractivity contribution is 5.93. The van der Waals surface area contributed by atoms with E-state index in [4.69, 9.17) is 5.11 Å². The quantitative estimate of drug-likeness (QED) is 0.526. The molecule has 0 aliphatic rings. The second kappa shape index (κ2) is 6.64. The first-order valence-corrected chi connectivity index (χ1v) is 6.17. The van der Waals surface area contributed by atoms with E-state index in [1.807, 2.05) is 0 Å². The van der Waals surface area contributed by atoms with E-state index >= 15 is 0 Å². The normalized spacial score (nSPS) is 11.8. The highest BCUT2D eigenvalue weighted by Crippen LogP contribution is 2.20. The molecule has 114 valence electrons. The molecule has 0 bridgehead atoms. The minimum atomic E-state index is -1.44. The van der Waals surface area contributed by atoms with Crippen LogP contribution in [0.5, 0.6) is 0 Å². The number of nitro groups is 1. The molecule has 21 heavy (non-hydrogen) atoms. The van der Waals surface area contributed by atoms with Gasteiger partial charge in [0.2, 0.25) is 5.91 Å². The smallest absolute Gasteiger partial charge is 0.342 e. The molecule has 0 saturated heterocycles. The largest absolute Gasteiger partial charge is 0.477 e. The number of nitrogens with one attached hydrogen (secondary N) is 2. The number of pyridine rings is 1. The molecule has 1 aromatic rings. The fourth-order valence-electron chi connectivity index (χ4n) is 1.54. The van der Waals surface area contributed by atoms with Crippen LogP contribution in [0.1, 0.15) is 31.1 Å². The molecule has 1 rings (SSSR count). The highest BCUT2D eigenvalue weighted by atomic mass is 16.6. The maximum absolute atomic E-state index is 11.7. The maximum atomic E-state index is 11.7. The lowest BCUT2D eigenvalue weighted by molar-refractivity contribution is -0.385. The highest BCUT2D eigenvalue weighted by Gasteiger charge is 2.22. The summed E-state index contributed by atoms with van der Waals surface area (Å²) in [6.07, 6.45) is 0.846. The molecule has 0 aromatic carbocycles. The zero-order valence-electron chi connectivity index (χ0n) is 11.8. The predicted octanol–water partition coefficient (Wildman–Crippen LogP) is 1.01. The van der Waals surface area contributed by atoms with Gasteiger partial charge in [0, 0.05) is 12.1 Å². The Bertz CT molecular complexity index is 573. The summed E-state index contributed by atoms with van der Waals surface area (Å²) in [7, 11) is 0. The molecule has 9 heteroatoms. The van der Waals surface area contributed by atoms with E-state index in [0.29, 0.717) is 0 Å². The fourth-order valence-corrected chi connectivity index (χ4v) is 1.54. The van der Waals surface area contributed by atoms with Crippen molar-refractivity contribution in [3.8, 4) is 0 Å². The van der Waals surface area contributed by atoms with Crippen LogP contribution < -0.4 is 10.6 Å². The standard InChI is InChI=1S/C12H16N4O5/c1-6(2)14-11(17)7(3)15-10-4-8(12(18)19)9(5-13-10)16(20)21/h4-7H,1-3H3,(H,13,15)(H,14,17)(H,18,19). The van der Waals surface area contributed by atoms with E-state index in [1.165, 1.54) is 0 Å². The Labute approximate surface area is 120 Å². The summed E-state index contributed by atoms with van der Waals surface area (Å²) in [5.74, 6) is -1.65. The summed E-state index contributed by atoms with van der Waals surface area (Å²) in [5.41, 5.74) is -1.10. The van der Waals surface area contributed by atoms with Crippen LogP contribution in [0.2, 0.25) is 0 Å². The SMILES string of the molecule is CC(C)NC(=O)C(C)Nc1cc(C(=O)O)c([N+](=O)[O-])cn1. The predicted molar refractivity (Wildman–Crippen MR) is 74.2 cm³/mol. The summed E-state index contributed by atoms with van der Waals surface area (Å²) in [6.45, 7) is 5.18. The fraction of sp³-hybridized carbons (Fsp3) is 0.417. The van der Waals surface area contributed by atoms with Crippen molar-refractivity contribution >= 4 is 23.4 Å². The third kappa shape index (κ3) is 4.41. The minimum Gasteiger partial charge on any atom is -0.477 e. The first-order chi connectivity index (χ1) is 9.72. The topological polar surface area (TPSA) is 134 Å². The third-order valence-electron chi connectivity index (χ3n) is 2.50. The van der Waals surface area contributed by atoms with Gasteiger partial charge in [0.1, 0.15) is 23.6 Å². The lowest BCUT2D eigenvalue weighted by Gasteiger charge is -2.16. The van der Waals surface area contributed by atoms with Crippen molar-refractivity contribution < 1.29 is 19.6 Å². The van der Waals surface area contributed by atoms with Gasteiger partial charge in [-0.25, -0.2) is 9.78 Å². The Morgan fingerprint density at radius 1 is 1.38 bits per heavy atom. The average Bonchev–Trinajstić information content (AvgIpc) is 2.37. The van der Waals surface area contributed by atoms with Crippen LogP contribution in [0.25, 0.3) is 0 Å². The monoisotopic (exact) mass is 296 g/mol. The number of carboxylic acids is 1. The van der Waals surface area contributed by atoms with Crippen LogP contribution in [0, 0.1) is 10.1 Å². The van der Waals surface area contributed by atoms with E-state index in [9.17, 15) is 19.7 Å². The Morgan fingerprint density at radius 2 is 2.00 bits per heavy atom. The number of rotatable bonds is 6. The number of amides is 1. The summed E-state index contributed by atoms with van der Waals surface area (Å²) < 4.78 is 0. The summed E-state index contributed by atoms with van der Waals surface area (Å²) in [5, 5.41) is 25.0. The Morgan fingerprint density at radius 3 is 2.48 bits per heavy atom. The Balaban J connectivity index is 2.95. The van der Waals surface area contributed by atoms with Crippen LogP contribution in [0.3, 0.4) is 0 Å². The molecule has 0 aliphatic carbocycles. The van der Waals surface area contributed by atoms with E-state index < -0.39 is 28.2 Å². The Kier molecular flexibility index (Phi) is 5.17. The Hall–Kier alpha value is -2.71. The summed E-state index contributed by atoms with van der Waals surface area (Å²) >= 11 is 0. The van der Waals surface area contributed by atoms with Crippen LogP contribution in [-0.2, 0) is 4.79 Å². The van der Waals surface area contributed by atoms with Gasteiger partial charge in [-0.1, -0.05) is 0 Å². The number of aromatic carboxylic acids is 1. The van der Waals surface area contributed by atoms with Gasteiger partial charge in [-0.3, -0.25) is 14.9 Å². The van der Waals surface area contributed by atoms with Gasteiger partial charge in [-0.15, -0.1) is 0 Å². The van der Waals surface area contributed by atoms with Crippen molar-refractivity contribution in [3.05, 3.63) is 27.9 Å². The number of aromatic nitrogens is 1. The van der Waals surface area contributed by atoms with Crippen molar-refractivity contribution in [3.63, 3.8) is 0 Å². The number of hydrogen-bond acceptors (Lipinski definition) is 6. The van der Waals surface area contributed by atoms with Crippen molar-refractivity contribution in [1.82, 2.24) is 10.3 Å². The van der Waals surface area contributed by atoms with Crippen LogP contribution in [0.15, 0.2) is 12.3 Å². The lowest BCUT2D eigenvalue weighted by atomic mass is 10.2. The minimum absolute atomic E-state index is 0.0406. The lowest BCUT2D eigenvalue weighted by Crippen LogP contribution is -2.41. The van der Waals surface area contributed by atoms with E-state index in [1.54, 1.807) is 20.8 Å². The van der Waals surface area contributed by atoms with Crippen molar-refractivity contribution in [1.29, 1.82) is 0 Å². The molecule has 0 radical (unpaired) electrons. The molecular weight excluding hydrogens is 280 g/mol. The van der Waals surface area contributed by atoms with E-state index in [2.05, 4.69) is 15.6 Å². The molecule has 0 saturated carbocycles. The zero-order chi connectivity index (χ0) is 16.2. The van der Waals surface area contributed by atoms with Gasteiger partial charge in [0.15, 0.2) is 0 Å². The molecule has 1 amide bonds. The van der Waals surface area contributed by atoms with Crippen LogP contribution in [0.4, 0.5) is 11.5 Å². The third-order valence-corrected chi connectivity index (χ3v) is 2.50. The van der Waals surface area contributed by atoms with E-state index in [-0.39, 0.29) is 17.8 Å². The second-order valence-corrected chi connectivity index (χ2v) is 4.68. The molecular formula is C12H16N4O5. The zero-order valence-corrected chi connectivity index (χ0v) is 11.8. The maximum Gasteiger partial charge on any atom is 0.342 e. The first-order valence-electron chi connectivity index (χ1n) is 6.17. The molecule has 9 nitrogen and oxygen atoms in total. The average molecular weight is 296 g/mol. The molecule has 3 N–H and O–H groups in total. The number of carboxylic acid groups (broad SMARTS) is 1. The van der Waals surface area contributed by atoms with Gasteiger partial charge in [0.25, 0.3) is 0 Å². The molecule has 1 heterocycles. The van der Waals surface area contributed by atoms with Crippen LogP contribution in [-0.4, -0.2) is 39.0 Å². The molecule has 0 spiro atoms. The van der Waals surface area contributed by atoms with Crippen molar-refractivity contribution in [2.45, 2.75) is 32.9 Å². The first kappa shape index (κ1) is 16.3. The van der Waals surface area contributed by atoms with Crippen molar-refractivity contribution in [2.24, 2.45) is 0 Å². The number of nitrogens with zero attached hydrogens (tertiary/aromatic N) is 2. The number of hydrogen-bond donors (Lipinski definition) is 3. The van der Waals surface area contributed by atoms with E-state index in [0.717, 1.165) is 12.3 Å². The number of carbonyl (C=O) groups excluding carboxylic acids is 1. The second-order valence-electron chi connectivity index (χ2n) is 4.68. The molecule has 1 aromatic heterocycles. The van der Waals surface area contributed by atoms with Gasteiger partial charge >= 0.3 is 11.7 Å². The van der Waals surface area contributed by atoms with Crippen molar-refractivity contribution in [2.75, 3.05) is 5.32 Å². The molecule has 1 unspecified atom stereocenters. The van der Waals surface area contributed by atoms with Crippen LogP contribution >= 0.6 is 0 Å². The van der Waals surface area contributed by atoms with Gasteiger partial charge in [0.05, 0.1) is 4.92 Å². The summed E-state index contributed by atoms with van der Waals surface area (Å²) in [6, 6.07) is 0.323. The molecule has 1 atom stereocenters. The van der Waals surface area contributed by atoms with Gasteiger partial charge in [-0.05, 0) is 20.8 Å². The molecule has 0 fully saturated rings.